The van der Waals surface area contributed by atoms with Crippen molar-refractivity contribution in [2.75, 3.05) is 12.4 Å². The summed E-state index contributed by atoms with van der Waals surface area (Å²) in [6, 6.07) is 15.7. The number of ether oxygens (including phenoxy) is 1. The van der Waals surface area contributed by atoms with Gasteiger partial charge in [-0.1, -0.05) is 37.3 Å². The molecule has 1 fully saturated rings. The molecule has 0 heterocycles. The Balaban J connectivity index is 1.43. The van der Waals surface area contributed by atoms with Crippen LogP contribution in [-0.4, -0.2) is 13.2 Å². The molecule has 0 spiro atoms. The molecule has 0 aliphatic heterocycles. The second-order valence-electron chi connectivity index (χ2n) is 9.29. The second-order valence-corrected chi connectivity index (χ2v) is 10.1. The van der Waals surface area contributed by atoms with Gasteiger partial charge in [0.15, 0.2) is 0 Å². The van der Waals surface area contributed by atoms with Crippen molar-refractivity contribution in [3.8, 4) is 5.75 Å². The fourth-order valence-electron chi connectivity index (χ4n) is 6.40. The molecule has 152 valence electrons. The van der Waals surface area contributed by atoms with E-state index in [9.17, 15) is 0 Å². The molecule has 0 amide bonds. The summed E-state index contributed by atoms with van der Waals surface area (Å²) in [5.74, 6) is 3.23. The molecule has 29 heavy (non-hydrogen) atoms. The Morgan fingerprint density at radius 3 is 2.83 bits per heavy atom. The molecule has 3 heteroatoms. The Bertz CT molecular complexity index is 938. The topological polar surface area (TPSA) is 21.3 Å². The van der Waals surface area contributed by atoms with Gasteiger partial charge >= 0.3 is 0 Å². The maximum Gasteiger partial charge on any atom is 0.119 e. The van der Waals surface area contributed by atoms with Gasteiger partial charge < -0.3 is 10.1 Å². The van der Waals surface area contributed by atoms with Crippen molar-refractivity contribution in [2.24, 2.45) is 17.3 Å². The van der Waals surface area contributed by atoms with Crippen molar-refractivity contribution >= 4 is 21.6 Å². The summed E-state index contributed by atoms with van der Waals surface area (Å²) in [6.45, 7) is 2.54. The highest BCUT2D eigenvalue weighted by Crippen LogP contribution is 2.59. The van der Waals surface area contributed by atoms with E-state index >= 15 is 0 Å². The Hall–Kier alpha value is -1.74. The van der Waals surface area contributed by atoms with Crippen LogP contribution in [0.2, 0.25) is 0 Å². The number of benzene rings is 2. The average Bonchev–Trinajstić information content (AvgIpc) is 2.75. The van der Waals surface area contributed by atoms with Crippen LogP contribution >= 0.6 is 15.9 Å². The van der Waals surface area contributed by atoms with Gasteiger partial charge in [-0.2, -0.15) is 0 Å². The number of fused-ring (bicyclic) bond motifs is 5. The molecule has 2 aromatic rings. The first-order chi connectivity index (χ1) is 14.1. The molecule has 0 radical (unpaired) electrons. The van der Waals surface area contributed by atoms with Crippen molar-refractivity contribution in [3.05, 3.63) is 70.2 Å². The van der Waals surface area contributed by atoms with Gasteiger partial charge in [0, 0.05) is 10.2 Å². The van der Waals surface area contributed by atoms with E-state index in [1.807, 2.05) is 0 Å². The van der Waals surface area contributed by atoms with Gasteiger partial charge in [0.25, 0.3) is 0 Å². The third-order valence-corrected chi connectivity index (χ3v) is 8.68. The van der Waals surface area contributed by atoms with Crippen molar-refractivity contribution in [1.29, 1.82) is 0 Å². The van der Waals surface area contributed by atoms with Crippen molar-refractivity contribution in [1.82, 2.24) is 0 Å². The number of methoxy groups -OCH3 is 1. The zero-order valence-corrected chi connectivity index (χ0v) is 18.9. The molecule has 0 unspecified atom stereocenters. The van der Waals surface area contributed by atoms with Crippen LogP contribution in [0.5, 0.6) is 5.75 Å². The van der Waals surface area contributed by atoms with E-state index in [2.05, 4.69) is 82.8 Å². The molecule has 1 N–H and O–H groups in total. The number of para-hydroxylation sites is 1. The zero-order valence-electron chi connectivity index (χ0n) is 17.3. The maximum absolute atomic E-state index is 5.48. The smallest absolute Gasteiger partial charge is 0.119 e. The molecule has 2 aromatic carbocycles. The summed E-state index contributed by atoms with van der Waals surface area (Å²) >= 11 is 3.72. The third kappa shape index (κ3) is 3.22. The molecule has 0 aromatic heterocycles. The highest BCUT2D eigenvalue weighted by molar-refractivity contribution is 9.10. The first-order valence-electron chi connectivity index (χ1n) is 10.9. The summed E-state index contributed by atoms with van der Waals surface area (Å²) in [6.07, 6.45) is 11.1. The van der Waals surface area contributed by atoms with Crippen LogP contribution in [0.25, 0.3) is 0 Å². The number of allylic oxidation sites excluding steroid dienone is 1. The van der Waals surface area contributed by atoms with E-state index < -0.39 is 0 Å². The SMILES string of the molecule is COc1ccc2c(c1)CC[C@@H]1[C@@H]2CC[C@]2(C)[C@@H](Nc3ccccc3Br)C=CC[C@@H]12. The minimum absolute atomic E-state index is 0.301. The number of rotatable bonds is 3. The quantitative estimate of drug-likeness (QED) is 0.509. The lowest BCUT2D eigenvalue weighted by Crippen LogP contribution is -2.52. The molecule has 3 aliphatic carbocycles. The van der Waals surface area contributed by atoms with Crippen LogP contribution < -0.4 is 10.1 Å². The van der Waals surface area contributed by atoms with Crippen LogP contribution in [0.1, 0.15) is 49.7 Å². The summed E-state index contributed by atoms with van der Waals surface area (Å²) in [5, 5.41) is 3.87. The zero-order chi connectivity index (χ0) is 20.0. The number of anilines is 1. The molecule has 1 saturated carbocycles. The number of aryl methyl sites for hydroxylation is 1. The fraction of sp³-hybridized carbons (Fsp3) is 0.462. The maximum atomic E-state index is 5.48. The van der Waals surface area contributed by atoms with E-state index in [1.165, 1.54) is 43.4 Å². The van der Waals surface area contributed by atoms with Gasteiger partial charge in [0.05, 0.1) is 13.2 Å². The standard InChI is InChI=1S/C26H30BrNO/c1-26-15-14-20-19-13-11-18(29-2)16-17(19)10-12-21(20)22(26)6-5-9-25(26)28-24-8-4-3-7-23(24)27/h3-5,7-9,11,13,16,20-22,25,28H,6,10,12,14-15H2,1-2H3/t20-,21-,22+,25+,26+/m1/s1. The van der Waals surface area contributed by atoms with Crippen LogP contribution in [0, 0.1) is 17.3 Å². The van der Waals surface area contributed by atoms with Crippen LogP contribution in [0.15, 0.2) is 59.1 Å². The van der Waals surface area contributed by atoms with E-state index in [1.54, 1.807) is 12.7 Å². The number of hydrogen-bond acceptors (Lipinski definition) is 2. The largest absolute Gasteiger partial charge is 0.497 e. The van der Waals surface area contributed by atoms with E-state index in [4.69, 9.17) is 4.74 Å². The molecule has 5 rings (SSSR count). The highest BCUT2D eigenvalue weighted by atomic mass is 79.9. The molecule has 3 aliphatic rings. The van der Waals surface area contributed by atoms with Gasteiger partial charge in [0.2, 0.25) is 0 Å². The second kappa shape index (κ2) is 7.50. The van der Waals surface area contributed by atoms with Crippen LogP contribution in [0.4, 0.5) is 5.69 Å². The van der Waals surface area contributed by atoms with Gasteiger partial charge in [-0.3, -0.25) is 0 Å². The summed E-state index contributed by atoms with van der Waals surface area (Å²) < 4.78 is 6.62. The van der Waals surface area contributed by atoms with E-state index in [-0.39, 0.29) is 0 Å². The van der Waals surface area contributed by atoms with Gasteiger partial charge in [0.1, 0.15) is 5.75 Å². The molecule has 0 saturated heterocycles. The lowest BCUT2D eigenvalue weighted by Gasteiger charge is -2.56. The fourth-order valence-corrected chi connectivity index (χ4v) is 6.80. The minimum Gasteiger partial charge on any atom is -0.497 e. The van der Waals surface area contributed by atoms with Gasteiger partial charge in [-0.15, -0.1) is 0 Å². The van der Waals surface area contributed by atoms with Crippen molar-refractivity contribution in [3.63, 3.8) is 0 Å². The first-order valence-corrected chi connectivity index (χ1v) is 11.7. The minimum atomic E-state index is 0.301. The third-order valence-electron chi connectivity index (χ3n) is 7.99. The Kier molecular flexibility index (Phi) is 4.98. The first kappa shape index (κ1) is 19.2. The monoisotopic (exact) mass is 451 g/mol. The number of halogens is 1. The number of hydrogen-bond donors (Lipinski definition) is 1. The van der Waals surface area contributed by atoms with Crippen molar-refractivity contribution < 1.29 is 4.74 Å². The predicted molar refractivity (Wildman–Crippen MR) is 124 cm³/mol. The Labute approximate surface area is 182 Å². The lowest BCUT2D eigenvalue weighted by molar-refractivity contribution is 0.0221. The Morgan fingerprint density at radius 1 is 1.14 bits per heavy atom. The average molecular weight is 452 g/mol. The summed E-state index contributed by atoms with van der Waals surface area (Å²) in [5.41, 5.74) is 4.61. The van der Waals surface area contributed by atoms with Gasteiger partial charge in [-0.25, -0.2) is 0 Å². The van der Waals surface area contributed by atoms with E-state index in [0.717, 1.165) is 22.1 Å². The molecule has 5 atom stereocenters. The highest BCUT2D eigenvalue weighted by Gasteiger charge is 2.51. The molecular weight excluding hydrogens is 422 g/mol. The lowest BCUT2D eigenvalue weighted by atomic mass is 9.50. The normalized spacial score (nSPS) is 32.7. The Morgan fingerprint density at radius 2 is 2.00 bits per heavy atom. The van der Waals surface area contributed by atoms with Gasteiger partial charge in [-0.05, 0) is 107 Å². The summed E-state index contributed by atoms with van der Waals surface area (Å²) in [4.78, 5) is 0. The molecule has 0 bridgehead atoms. The summed E-state index contributed by atoms with van der Waals surface area (Å²) in [7, 11) is 1.77. The predicted octanol–water partition coefficient (Wildman–Crippen LogP) is 6.96. The van der Waals surface area contributed by atoms with E-state index in [0.29, 0.717) is 17.4 Å². The van der Waals surface area contributed by atoms with Crippen LogP contribution in [-0.2, 0) is 6.42 Å². The van der Waals surface area contributed by atoms with Crippen LogP contribution in [0.3, 0.4) is 0 Å². The number of nitrogens with one attached hydrogen (secondary N) is 1. The molecular formula is C26H30BrNO. The van der Waals surface area contributed by atoms with Crippen molar-refractivity contribution in [2.45, 2.75) is 51.0 Å². The molecule has 2 nitrogen and oxygen atoms in total.